The molecule has 4 rings (SSSR count). The van der Waals surface area contributed by atoms with E-state index in [4.69, 9.17) is 0 Å². The highest BCUT2D eigenvalue weighted by Gasteiger charge is 2.53. The summed E-state index contributed by atoms with van der Waals surface area (Å²) in [5.41, 5.74) is 7.41. The molecule has 4 unspecified atom stereocenters. The molecule has 0 aliphatic heterocycles. The van der Waals surface area contributed by atoms with Gasteiger partial charge in [0.2, 0.25) is 0 Å². The predicted molar refractivity (Wildman–Crippen MR) is 62.4 cm³/mol. The van der Waals surface area contributed by atoms with Crippen LogP contribution in [0.15, 0.2) is 22.3 Å². The highest BCUT2D eigenvalue weighted by Crippen LogP contribution is 2.65. The molecule has 0 heteroatoms. The Labute approximate surface area is 92.4 Å². The van der Waals surface area contributed by atoms with Crippen LogP contribution >= 0.6 is 0 Å². The second kappa shape index (κ2) is 2.59. The van der Waals surface area contributed by atoms with Crippen LogP contribution < -0.4 is 0 Å². The van der Waals surface area contributed by atoms with Gasteiger partial charge in [-0.3, -0.25) is 0 Å². The summed E-state index contributed by atoms with van der Waals surface area (Å²) in [4.78, 5) is 0. The molecule has 0 N–H and O–H groups in total. The van der Waals surface area contributed by atoms with E-state index in [9.17, 15) is 0 Å². The number of fused-ring (bicyclic) bond motifs is 8. The molecule has 15 heavy (non-hydrogen) atoms. The van der Waals surface area contributed by atoms with E-state index in [1.807, 2.05) is 16.7 Å². The zero-order chi connectivity index (χ0) is 10.2. The van der Waals surface area contributed by atoms with Crippen LogP contribution in [0, 0.1) is 23.7 Å². The smallest absolute Gasteiger partial charge is 0.00215 e. The molecular weight excluding hydrogens is 180 g/mol. The maximum atomic E-state index is 2.34. The average molecular weight is 200 g/mol. The summed E-state index contributed by atoms with van der Waals surface area (Å²) in [6, 6.07) is 0. The first-order valence-electron chi connectivity index (χ1n) is 6.68. The Morgan fingerprint density at radius 1 is 0.867 bits per heavy atom. The summed E-state index contributed by atoms with van der Waals surface area (Å²) in [6.45, 7) is 4.68. The van der Waals surface area contributed by atoms with Crippen molar-refractivity contribution in [1.82, 2.24) is 0 Å². The van der Waals surface area contributed by atoms with Crippen molar-refractivity contribution in [2.45, 2.75) is 46.0 Å². The van der Waals surface area contributed by atoms with Gasteiger partial charge in [0.05, 0.1) is 0 Å². The number of hydrogen-bond acceptors (Lipinski definition) is 0. The van der Waals surface area contributed by atoms with Crippen LogP contribution in [0.2, 0.25) is 0 Å². The molecule has 0 aromatic heterocycles. The Bertz CT molecular complexity index is 362. The van der Waals surface area contributed by atoms with Crippen LogP contribution in [0.1, 0.15) is 46.0 Å². The van der Waals surface area contributed by atoms with Gasteiger partial charge < -0.3 is 0 Å². The predicted octanol–water partition coefficient (Wildman–Crippen LogP) is 4.09. The van der Waals surface area contributed by atoms with Crippen molar-refractivity contribution < 1.29 is 0 Å². The van der Waals surface area contributed by atoms with Crippen molar-refractivity contribution in [3.8, 4) is 0 Å². The van der Waals surface area contributed by atoms with E-state index in [1.165, 1.54) is 32.1 Å². The van der Waals surface area contributed by atoms with Gasteiger partial charge in [-0.05, 0) is 57.8 Å². The maximum Gasteiger partial charge on any atom is 0.00215 e. The third-order valence-electron chi connectivity index (χ3n) is 5.47. The summed E-state index contributed by atoms with van der Waals surface area (Å²) in [7, 11) is 0. The van der Waals surface area contributed by atoms with Crippen LogP contribution in [0.5, 0.6) is 0 Å². The number of allylic oxidation sites excluding steroid dienone is 4. The van der Waals surface area contributed by atoms with Crippen LogP contribution in [0.3, 0.4) is 0 Å². The van der Waals surface area contributed by atoms with E-state index in [0.717, 1.165) is 23.7 Å². The summed E-state index contributed by atoms with van der Waals surface area (Å²) in [5, 5.41) is 0. The van der Waals surface area contributed by atoms with E-state index in [0.29, 0.717) is 0 Å². The SMILES string of the molecule is CC(C)=C1C2CCC1C1=C2C2CCC1C2. The Kier molecular flexibility index (Phi) is 1.49. The molecule has 4 aliphatic carbocycles. The van der Waals surface area contributed by atoms with E-state index in [1.54, 1.807) is 5.57 Å². The molecule has 0 saturated heterocycles. The summed E-state index contributed by atoms with van der Waals surface area (Å²) in [6.07, 6.45) is 7.53. The van der Waals surface area contributed by atoms with Crippen LogP contribution in [0.4, 0.5) is 0 Å². The lowest BCUT2D eigenvalue weighted by molar-refractivity contribution is 0.530. The van der Waals surface area contributed by atoms with Gasteiger partial charge >= 0.3 is 0 Å². The van der Waals surface area contributed by atoms with Gasteiger partial charge in [0.1, 0.15) is 0 Å². The van der Waals surface area contributed by atoms with Gasteiger partial charge in [-0.25, -0.2) is 0 Å². The first-order valence-corrected chi connectivity index (χ1v) is 6.68. The number of hydrogen-bond donors (Lipinski definition) is 0. The standard InChI is InChI=1S/C15H20/c1-8(2)13-11-5-6-12(13)15-10-4-3-9(7-10)14(11)15/h9-12H,3-7H2,1-2H3. The van der Waals surface area contributed by atoms with Crippen molar-refractivity contribution in [1.29, 1.82) is 0 Å². The first-order chi connectivity index (χ1) is 7.27. The molecule has 0 heterocycles. The third-order valence-corrected chi connectivity index (χ3v) is 5.47. The van der Waals surface area contributed by atoms with Crippen molar-refractivity contribution in [3.05, 3.63) is 22.3 Å². The lowest BCUT2D eigenvalue weighted by atomic mass is 9.82. The molecule has 0 amide bonds. The fourth-order valence-corrected chi connectivity index (χ4v) is 5.22. The van der Waals surface area contributed by atoms with Gasteiger partial charge in [0.25, 0.3) is 0 Å². The Hall–Kier alpha value is -0.520. The Balaban J connectivity index is 1.88. The van der Waals surface area contributed by atoms with Crippen molar-refractivity contribution in [3.63, 3.8) is 0 Å². The molecular formula is C15H20. The van der Waals surface area contributed by atoms with Crippen molar-refractivity contribution >= 4 is 0 Å². The maximum absolute atomic E-state index is 2.34. The van der Waals surface area contributed by atoms with Crippen molar-refractivity contribution in [2.24, 2.45) is 23.7 Å². The largest absolute Gasteiger partial charge is 0.0760 e. The fraction of sp³-hybridized carbons (Fsp3) is 0.733. The highest BCUT2D eigenvalue weighted by molar-refractivity contribution is 5.51. The van der Waals surface area contributed by atoms with Crippen LogP contribution in [-0.2, 0) is 0 Å². The zero-order valence-corrected chi connectivity index (χ0v) is 9.84. The zero-order valence-electron chi connectivity index (χ0n) is 9.84. The quantitative estimate of drug-likeness (QED) is 0.408. The number of rotatable bonds is 0. The van der Waals surface area contributed by atoms with Gasteiger partial charge in [-0.2, -0.15) is 0 Å². The molecule has 4 bridgehead atoms. The molecule has 0 nitrogen and oxygen atoms in total. The van der Waals surface area contributed by atoms with Crippen LogP contribution in [0.25, 0.3) is 0 Å². The first kappa shape index (κ1) is 8.61. The molecule has 4 atom stereocenters. The minimum atomic E-state index is 0.922. The van der Waals surface area contributed by atoms with E-state index in [2.05, 4.69) is 13.8 Å². The fourth-order valence-electron chi connectivity index (χ4n) is 5.22. The Morgan fingerprint density at radius 3 is 1.87 bits per heavy atom. The second-order valence-corrected chi connectivity index (χ2v) is 6.26. The molecule has 2 saturated carbocycles. The van der Waals surface area contributed by atoms with E-state index >= 15 is 0 Å². The molecule has 0 aromatic rings. The molecule has 2 fully saturated rings. The summed E-state index contributed by atoms with van der Waals surface area (Å²) < 4.78 is 0. The molecule has 0 spiro atoms. The van der Waals surface area contributed by atoms with Crippen LogP contribution in [-0.4, -0.2) is 0 Å². The topological polar surface area (TPSA) is 0 Å². The average Bonchev–Trinajstić information content (AvgIpc) is 2.95. The molecule has 0 aromatic carbocycles. The lowest BCUT2D eigenvalue weighted by Gasteiger charge is -2.22. The normalized spacial score (nSPS) is 45.6. The summed E-state index contributed by atoms with van der Waals surface area (Å²) >= 11 is 0. The van der Waals surface area contributed by atoms with Gasteiger partial charge in [-0.1, -0.05) is 22.3 Å². The Morgan fingerprint density at radius 2 is 1.40 bits per heavy atom. The minimum absolute atomic E-state index is 0.922. The monoisotopic (exact) mass is 200 g/mol. The van der Waals surface area contributed by atoms with Gasteiger partial charge in [-0.15, -0.1) is 0 Å². The van der Waals surface area contributed by atoms with Crippen molar-refractivity contribution in [2.75, 3.05) is 0 Å². The van der Waals surface area contributed by atoms with Gasteiger partial charge in [0.15, 0.2) is 0 Å². The third kappa shape index (κ3) is 0.859. The lowest BCUT2D eigenvalue weighted by Crippen LogP contribution is -2.10. The molecule has 80 valence electrons. The minimum Gasteiger partial charge on any atom is -0.0760 e. The summed E-state index contributed by atoms with van der Waals surface area (Å²) in [5.74, 6) is 3.89. The molecule has 4 aliphatic rings. The molecule has 0 radical (unpaired) electrons. The van der Waals surface area contributed by atoms with E-state index in [-0.39, 0.29) is 0 Å². The second-order valence-electron chi connectivity index (χ2n) is 6.26. The highest BCUT2D eigenvalue weighted by atomic mass is 14.6. The van der Waals surface area contributed by atoms with Gasteiger partial charge in [0, 0.05) is 11.8 Å². The van der Waals surface area contributed by atoms with E-state index < -0.39 is 0 Å².